The summed E-state index contributed by atoms with van der Waals surface area (Å²) < 4.78 is 5.36. The third-order valence-corrected chi connectivity index (χ3v) is 5.00. The van der Waals surface area contributed by atoms with E-state index >= 15 is 0 Å². The van der Waals surface area contributed by atoms with Gasteiger partial charge in [-0.15, -0.1) is 0 Å². The highest BCUT2D eigenvalue weighted by Crippen LogP contribution is 2.37. The monoisotopic (exact) mass is 279 g/mol. The zero-order chi connectivity index (χ0) is 14.2. The van der Waals surface area contributed by atoms with E-state index < -0.39 is 0 Å². The molecule has 0 saturated carbocycles. The highest BCUT2D eigenvalue weighted by molar-refractivity contribution is 5.42. The van der Waals surface area contributed by atoms with E-state index in [0.717, 1.165) is 12.3 Å². The Morgan fingerprint density at radius 2 is 2.00 bits per heavy atom. The summed E-state index contributed by atoms with van der Waals surface area (Å²) in [7, 11) is 1.74. The van der Waals surface area contributed by atoms with Crippen LogP contribution < -0.4 is 10.1 Å². The second-order valence-electron chi connectivity index (χ2n) is 6.16. The minimum Gasteiger partial charge on any atom is -0.497 e. The molecule has 0 amide bonds. The van der Waals surface area contributed by atoms with Crippen LogP contribution in [0.2, 0.25) is 0 Å². The molecule has 2 heteroatoms. The van der Waals surface area contributed by atoms with Crippen molar-refractivity contribution in [2.24, 2.45) is 0 Å². The number of methoxy groups -OCH3 is 1. The van der Waals surface area contributed by atoms with Gasteiger partial charge >= 0.3 is 0 Å². The van der Waals surface area contributed by atoms with Gasteiger partial charge in [0.05, 0.1) is 7.11 Å². The van der Waals surface area contributed by atoms with Crippen LogP contribution in [0.5, 0.6) is 5.75 Å². The number of rotatable bonds is 4. The number of benzene rings is 2. The fourth-order valence-electron chi connectivity index (χ4n) is 3.75. The summed E-state index contributed by atoms with van der Waals surface area (Å²) in [6.45, 7) is 1.08. The lowest BCUT2D eigenvalue weighted by atomic mass is 9.77. The van der Waals surface area contributed by atoms with Gasteiger partial charge in [0.25, 0.3) is 0 Å². The molecule has 2 aliphatic rings. The zero-order valence-corrected chi connectivity index (χ0v) is 12.4. The van der Waals surface area contributed by atoms with E-state index in [9.17, 15) is 0 Å². The molecular formula is C19H21NO. The van der Waals surface area contributed by atoms with Gasteiger partial charge in [0.2, 0.25) is 0 Å². The van der Waals surface area contributed by atoms with Gasteiger partial charge in [0.1, 0.15) is 5.75 Å². The molecule has 2 unspecified atom stereocenters. The molecule has 0 fully saturated rings. The van der Waals surface area contributed by atoms with E-state index in [-0.39, 0.29) is 0 Å². The van der Waals surface area contributed by atoms with Crippen LogP contribution in [0.25, 0.3) is 0 Å². The predicted octanol–water partition coefficient (Wildman–Crippen LogP) is 3.61. The van der Waals surface area contributed by atoms with E-state index in [1.165, 1.54) is 41.5 Å². The number of fused-ring (bicyclic) bond motifs is 2. The minimum absolute atomic E-state index is 0.489. The van der Waals surface area contributed by atoms with E-state index in [2.05, 4.69) is 47.8 Å². The van der Waals surface area contributed by atoms with Gasteiger partial charge in [-0.25, -0.2) is 0 Å². The molecule has 0 spiro atoms. The molecule has 2 atom stereocenters. The van der Waals surface area contributed by atoms with Gasteiger partial charge in [-0.1, -0.05) is 30.3 Å². The van der Waals surface area contributed by atoms with Crippen LogP contribution in [-0.4, -0.2) is 13.7 Å². The Kier molecular flexibility index (Phi) is 3.19. The van der Waals surface area contributed by atoms with Crippen LogP contribution in [0.15, 0.2) is 42.5 Å². The van der Waals surface area contributed by atoms with Crippen LogP contribution in [0.1, 0.15) is 40.6 Å². The first kappa shape index (κ1) is 12.9. The molecular weight excluding hydrogens is 258 g/mol. The van der Waals surface area contributed by atoms with Crippen molar-refractivity contribution in [1.29, 1.82) is 0 Å². The molecule has 21 heavy (non-hydrogen) atoms. The van der Waals surface area contributed by atoms with E-state index in [1.807, 2.05) is 0 Å². The highest BCUT2D eigenvalue weighted by atomic mass is 16.5. The van der Waals surface area contributed by atoms with E-state index in [0.29, 0.717) is 12.0 Å². The second kappa shape index (κ2) is 5.19. The van der Waals surface area contributed by atoms with Gasteiger partial charge in [-0.2, -0.15) is 0 Å². The maximum Gasteiger partial charge on any atom is 0.119 e. The molecule has 0 heterocycles. The lowest BCUT2D eigenvalue weighted by Gasteiger charge is -2.31. The summed E-state index contributed by atoms with van der Waals surface area (Å²) in [6, 6.07) is 15.8. The van der Waals surface area contributed by atoms with Gasteiger partial charge < -0.3 is 10.1 Å². The Bertz CT molecular complexity index is 664. The molecule has 2 aromatic carbocycles. The second-order valence-corrected chi connectivity index (χ2v) is 6.16. The molecule has 0 saturated heterocycles. The van der Waals surface area contributed by atoms with Crippen molar-refractivity contribution < 1.29 is 4.74 Å². The third-order valence-electron chi connectivity index (χ3n) is 5.00. The minimum atomic E-state index is 0.489. The van der Waals surface area contributed by atoms with Crippen molar-refractivity contribution in [3.63, 3.8) is 0 Å². The fourth-order valence-corrected chi connectivity index (χ4v) is 3.75. The molecule has 0 radical (unpaired) electrons. The number of ether oxygens (including phenoxy) is 1. The molecule has 4 rings (SSSR count). The number of nitrogens with one attached hydrogen (secondary N) is 1. The van der Waals surface area contributed by atoms with Crippen molar-refractivity contribution in [2.45, 2.75) is 31.2 Å². The number of aryl methyl sites for hydroxylation is 1. The SMILES string of the molecule is COc1ccc2c(c1)C(NCC1Cc3ccccc31)CC2. The smallest absolute Gasteiger partial charge is 0.119 e. The van der Waals surface area contributed by atoms with Gasteiger partial charge in [0, 0.05) is 18.5 Å². The van der Waals surface area contributed by atoms with Gasteiger partial charge in [-0.3, -0.25) is 0 Å². The van der Waals surface area contributed by atoms with Crippen molar-refractivity contribution in [2.75, 3.05) is 13.7 Å². The molecule has 1 N–H and O–H groups in total. The first-order valence-electron chi connectivity index (χ1n) is 7.83. The van der Waals surface area contributed by atoms with Gasteiger partial charge in [-0.05, 0) is 53.6 Å². The summed E-state index contributed by atoms with van der Waals surface area (Å²) >= 11 is 0. The summed E-state index contributed by atoms with van der Waals surface area (Å²) in [4.78, 5) is 0. The van der Waals surface area contributed by atoms with E-state index in [4.69, 9.17) is 4.74 Å². The summed E-state index contributed by atoms with van der Waals surface area (Å²) in [6.07, 6.45) is 3.61. The lowest BCUT2D eigenvalue weighted by Crippen LogP contribution is -2.31. The first-order valence-corrected chi connectivity index (χ1v) is 7.83. The molecule has 0 aromatic heterocycles. The maximum absolute atomic E-state index is 5.36. The van der Waals surface area contributed by atoms with Crippen LogP contribution >= 0.6 is 0 Å². The highest BCUT2D eigenvalue weighted by Gasteiger charge is 2.28. The maximum atomic E-state index is 5.36. The predicted molar refractivity (Wildman–Crippen MR) is 84.9 cm³/mol. The summed E-state index contributed by atoms with van der Waals surface area (Å²) in [5.41, 5.74) is 5.97. The van der Waals surface area contributed by atoms with Crippen molar-refractivity contribution in [3.8, 4) is 5.75 Å². The van der Waals surface area contributed by atoms with Crippen LogP contribution in [0.4, 0.5) is 0 Å². The Hall–Kier alpha value is -1.80. The molecule has 0 bridgehead atoms. The molecule has 108 valence electrons. The summed E-state index contributed by atoms with van der Waals surface area (Å²) in [5, 5.41) is 3.78. The topological polar surface area (TPSA) is 21.3 Å². The number of hydrogen-bond acceptors (Lipinski definition) is 2. The van der Waals surface area contributed by atoms with E-state index in [1.54, 1.807) is 7.11 Å². The van der Waals surface area contributed by atoms with Crippen molar-refractivity contribution in [1.82, 2.24) is 5.32 Å². The van der Waals surface area contributed by atoms with Crippen molar-refractivity contribution >= 4 is 0 Å². The molecule has 2 aliphatic carbocycles. The van der Waals surface area contributed by atoms with Crippen LogP contribution in [0, 0.1) is 0 Å². The average Bonchev–Trinajstić information content (AvgIpc) is 2.90. The first-order chi connectivity index (χ1) is 10.3. The fraction of sp³-hybridized carbons (Fsp3) is 0.368. The Morgan fingerprint density at radius 1 is 1.10 bits per heavy atom. The third kappa shape index (κ3) is 2.24. The quantitative estimate of drug-likeness (QED) is 0.923. The largest absolute Gasteiger partial charge is 0.497 e. The zero-order valence-electron chi connectivity index (χ0n) is 12.4. The molecule has 2 nitrogen and oxygen atoms in total. The normalized spacial score (nSPS) is 22.3. The van der Waals surface area contributed by atoms with Gasteiger partial charge in [0.15, 0.2) is 0 Å². The average molecular weight is 279 g/mol. The van der Waals surface area contributed by atoms with Crippen LogP contribution in [-0.2, 0) is 12.8 Å². The van der Waals surface area contributed by atoms with Crippen LogP contribution in [0.3, 0.4) is 0 Å². The molecule has 0 aliphatic heterocycles. The summed E-state index contributed by atoms with van der Waals surface area (Å²) in [5.74, 6) is 1.66. The molecule has 2 aromatic rings. The standard InChI is InChI=1S/C19H21NO/c1-21-16-8-6-13-7-9-19(18(13)11-16)20-12-15-10-14-4-2-3-5-17(14)15/h2-6,8,11,15,19-20H,7,9-10,12H2,1H3. The van der Waals surface area contributed by atoms with Crippen molar-refractivity contribution in [3.05, 3.63) is 64.7 Å². The lowest BCUT2D eigenvalue weighted by molar-refractivity contribution is 0.412. The Labute approximate surface area is 126 Å². The number of hydrogen-bond donors (Lipinski definition) is 1. The Morgan fingerprint density at radius 3 is 2.86 bits per heavy atom. The Balaban J connectivity index is 1.44.